The molecule has 1 aromatic carbocycles. The van der Waals surface area contributed by atoms with Gasteiger partial charge in [-0.05, 0) is 31.2 Å². The predicted octanol–water partition coefficient (Wildman–Crippen LogP) is 2.42. The van der Waals surface area contributed by atoms with Crippen molar-refractivity contribution in [1.29, 1.82) is 0 Å². The van der Waals surface area contributed by atoms with Gasteiger partial charge in [-0.15, -0.1) is 0 Å². The van der Waals surface area contributed by atoms with E-state index in [9.17, 15) is 4.79 Å². The molecule has 3 heteroatoms. The molecule has 0 aliphatic carbocycles. The topological polar surface area (TPSA) is 26.3 Å². The van der Waals surface area contributed by atoms with Gasteiger partial charge in [-0.1, -0.05) is 12.6 Å². The highest BCUT2D eigenvalue weighted by molar-refractivity contribution is 7.80. The number of hydrogen-bond acceptors (Lipinski definition) is 2. The molecule has 0 unspecified atom stereocenters. The van der Waals surface area contributed by atoms with Crippen LogP contribution in [-0.2, 0) is 4.74 Å². The Morgan fingerprint density at radius 2 is 2.00 bits per heavy atom. The molecule has 63 valence electrons. The van der Waals surface area contributed by atoms with E-state index in [1.807, 2.05) is 0 Å². The molecule has 0 saturated carbocycles. The van der Waals surface area contributed by atoms with Crippen LogP contribution in [0, 0.1) is 0 Å². The predicted molar refractivity (Wildman–Crippen MR) is 48.3 cm³/mol. The van der Waals surface area contributed by atoms with Crippen LogP contribution in [0.25, 0.3) is 0 Å². The summed E-state index contributed by atoms with van der Waals surface area (Å²) in [7, 11) is 0. The molecule has 0 amide bonds. The minimum absolute atomic E-state index is 0.299. The lowest BCUT2D eigenvalue weighted by Gasteiger charge is -2.00. The van der Waals surface area contributed by atoms with Crippen LogP contribution in [0.15, 0.2) is 29.2 Å². The Labute approximate surface area is 77.0 Å². The molecule has 0 heterocycles. The zero-order chi connectivity index (χ0) is 8.97. The molecular weight excluding hydrogens is 172 g/mol. The molecule has 12 heavy (non-hydrogen) atoms. The Balaban J connectivity index is 2.75. The van der Waals surface area contributed by atoms with Crippen molar-refractivity contribution >= 4 is 18.6 Å². The van der Waals surface area contributed by atoms with Crippen molar-refractivity contribution in [2.45, 2.75) is 11.8 Å². The van der Waals surface area contributed by atoms with Gasteiger partial charge in [0.15, 0.2) is 0 Å². The molecule has 0 fully saturated rings. The maximum atomic E-state index is 11.1. The third kappa shape index (κ3) is 2.20. The van der Waals surface area contributed by atoms with Gasteiger partial charge in [0.25, 0.3) is 0 Å². The number of benzene rings is 1. The fourth-order valence-corrected chi connectivity index (χ4v) is 0.942. The molecule has 2 nitrogen and oxygen atoms in total. The standard InChI is InChI=1S/C9H9O2S/c1-2-11-9(10)7-3-5-8(12)6-4-7/h3-6H,2H2,1H3. The van der Waals surface area contributed by atoms with Crippen molar-refractivity contribution in [3.63, 3.8) is 0 Å². The summed E-state index contributed by atoms with van der Waals surface area (Å²) in [5, 5.41) is 0. The fourth-order valence-electron chi connectivity index (χ4n) is 0.805. The number of carbonyl (C=O) groups is 1. The first-order valence-corrected chi connectivity index (χ1v) is 4.09. The van der Waals surface area contributed by atoms with E-state index in [4.69, 9.17) is 17.4 Å². The zero-order valence-electron chi connectivity index (χ0n) is 6.74. The molecule has 1 rings (SSSR count). The average molecular weight is 181 g/mol. The summed E-state index contributed by atoms with van der Waals surface area (Å²) >= 11 is 4.87. The van der Waals surface area contributed by atoms with Gasteiger partial charge in [-0.25, -0.2) is 4.79 Å². The summed E-state index contributed by atoms with van der Waals surface area (Å²) in [6.07, 6.45) is 0. The van der Waals surface area contributed by atoms with E-state index in [2.05, 4.69) is 0 Å². The number of ether oxygens (including phenoxy) is 1. The summed E-state index contributed by atoms with van der Waals surface area (Å²) in [6.45, 7) is 2.17. The second-order valence-electron chi connectivity index (χ2n) is 2.24. The van der Waals surface area contributed by atoms with Crippen molar-refractivity contribution in [2.24, 2.45) is 0 Å². The first-order valence-electron chi connectivity index (χ1n) is 3.68. The second-order valence-corrected chi connectivity index (χ2v) is 2.72. The van der Waals surface area contributed by atoms with Gasteiger partial charge >= 0.3 is 5.97 Å². The van der Waals surface area contributed by atoms with Gasteiger partial charge in [-0.3, -0.25) is 0 Å². The van der Waals surface area contributed by atoms with Crippen molar-refractivity contribution in [1.82, 2.24) is 0 Å². The van der Waals surface area contributed by atoms with Crippen molar-refractivity contribution in [3.05, 3.63) is 29.8 Å². The lowest BCUT2D eigenvalue weighted by atomic mass is 10.2. The number of rotatable bonds is 2. The third-order valence-electron chi connectivity index (χ3n) is 1.37. The van der Waals surface area contributed by atoms with Crippen molar-refractivity contribution in [2.75, 3.05) is 6.61 Å². The quantitative estimate of drug-likeness (QED) is 0.655. The maximum absolute atomic E-state index is 11.1. The largest absolute Gasteiger partial charge is 0.462 e. The Bertz CT molecular complexity index is 266. The fraction of sp³-hybridized carbons (Fsp3) is 0.222. The molecule has 0 aromatic heterocycles. The normalized spacial score (nSPS) is 9.42. The molecule has 0 spiro atoms. The van der Waals surface area contributed by atoms with Crippen LogP contribution >= 0.6 is 12.6 Å². The molecule has 1 aromatic rings. The Hall–Kier alpha value is -1.09. The maximum Gasteiger partial charge on any atom is 0.338 e. The van der Waals surface area contributed by atoms with Crippen LogP contribution < -0.4 is 0 Å². The highest BCUT2D eigenvalue weighted by Gasteiger charge is 2.04. The molecule has 0 N–H and O–H groups in total. The van der Waals surface area contributed by atoms with Crippen LogP contribution in [0.1, 0.15) is 17.3 Å². The molecule has 0 atom stereocenters. The van der Waals surface area contributed by atoms with E-state index in [0.717, 1.165) is 4.90 Å². The SMILES string of the molecule is CCOC(=O)c1ccc([S])cc1. The van der Waals surface area contributed by atoms with Crippen LogP contribution in [0.4, 0.5) is 0 Å². The summed E-state index contributed by atoms with van der Waals surface area (Å²) in [4.78, 5) is 11.8. The molecule has 0 saturated heterocycles. The van der Waals surface area contributed by atoms with Gasteiger partial charge in [0, 0.05) is 4.90 Å². The van der Waals surface area contributed by atoms with E-state index in [1.165, 1.54) is 0 Å². The lowest BCUT2D eigenvalue weighted by Crippen LogP contribution is -2.03. The summed E-state index contributed by atoms with van der Waals surface area (Å²) in [5.74, 6) is -0.299. The van der Waals surface area contributed by atoms with Crippen LogP contribution in [0.3, 0.4) is 0 Å². The first-order chi connectivity index (χ1) is 5.74. The van der Waals surface area contributed by atoms with Gasteiger partial charge in [0.05, 0.1) is 12.2 Å². The zero-order valence-corrected chi connectivity index (χ0v) is 7.56. The Morgan fingerprint density at radius 1 is 1.42 bits per heavy atom. The number of hydrogen-bond donors (Lipinski definition) is 0. The van der Waals surface area contributed by atoms with E-state index in [0.29, 0.717) is 12.2 Å². The van der Waals surface area contributed by atoms with Crippen LogP contribution in [-0.4, -0.2) is 12.6 Å². The van der Waals surface area contributed by atoms with Gasteiger partial charge in [0.1, 0.15) is 0 Å². The van der Waals surface area contributed by atoms with Crippen LogP contribution in [0.2, 0.25) is 0 Å². The van der Waals surface area contributed by atoms with Gasteiger partial charge in [0.2, 0.25) is 0 Å². The molecule has 0 aliphatic rings. The molecule has 0 bridgehead atoms. The number of esters is 1. The highest BCUT2D eigenvalue weighted by Crippen LogP contribution is 2.08. The minimum atomic E-state index is -0.299. The Morgan fingerprint density at radius 3 is 2.50 bits per heavy atom. The smallest absolute Gasteiger partial charge is 0.338 e. The first kappa shape index (κ1) is 9.00. The van der Waals surface area contributed by atoms with Gasteiger partial charge in [-0.2, -0.15) is 0 Å². The van der Waals surface area contributed by atoms with E-state index in [-0.39, 0.29) is 5.97 Å². The summed E-state index contributed by atoms with van der Waals surface area (Å²) in [6, 6.07) is 6.75. The lowest BCUT2D eigenvalue weighted by molar-refractivity contribution is 0.0526. The van der Waals surface area contributed by atoms with Gasteiger partial charge < -0.3 is 4.74 Å². The van der Waals surface area contributed by atoms with E-state index in [1.54, 1.807) is 31.2 Å². The number of carbonyl (C=O) groups excluding carboxylic acids is 1. The minimum Gasteiger partial charge on any atom is -0.462 e. The van der Waals surface area contributed by atoms with E-state index < -0.39 is 0 Å². The monoisotopic (exact) mass is 181 g/mol. The molecule has 0 aliphatic heterocycles. The Kier molecular flexibility index (Phi) is 3.05. The second kappa shape index (κ2) is 4.07. The van der Waals surface area contributed by atoms with Crippen LogP contribution in [0.5, 0.6) is 0 Å². The highest BCUT2D eigenvalue weighted by atomic mass is 32.1. The molecule has 1 radical (unpaired) electrons. The average Bonchev–Trinajstić information content (AvgIpc) is 2.06. The third-order valence-corrected chi connectivity index (χ3v) is 1.64. The summed E-state index contributed by atoms with van der Waals surface area (Å²) < 4.78 is 4.79. The summed E-state index contributed by atoms with van der Waals surface area (Å²) in [5.41, 5.74) is 0.547. The van der Waals surface area contributed by atoms with Crippen molar-refractivity contribution in [3.8, 4) is 0 Å². The molecular formula is C9H9O2S. The van der Waals surface area contributed by atoms with E-state index >= 15 is 0 Å². The van der Waals surface area contributed by atoms with Crippen molar-refractivity contribution < 1.29 is 9.53 Å².